The summed E-state index contributed by atoms with van der Waals surface area (Å²) >= 11 is 0. The van der Waals surface area contributed by atoms with E-state index in [-0.39, 0.29) is 23.4 Å². The third-order valence-corrected chi connectivity index (χ3v) is 5.92. The standard InChI is InChI=1S/C26H29N3O6/c1-27-8-4-10-34-19-7-6-17-14-29(15-18(17)11-19)26(33)22-12-21(23(30)13-24(22)31)25(32)28(2)16-20-5-3-9-35-20/h3,5-7,9,11-13,27,30-31H,4,8,10,14-16H2,1-2H3. The second kappa shape index (κ2) is 10.5. The minimum absolute atomic E-state index is 0.0473. The fraction of sp³-hybridized carbons (Fsp3) is 0.308. The Labute approximate surface area is 203 Å². The lowest BCUT2D eigenvalue weighted by molar-refractivity contribution is 0.0748. The van der Waals surface area contributed by atoms with Crippen molar-refractivity contribution in [3.8, 4) is 17.2 Å². The number of hydrogen-bond donors (Lipinski definition) is 3. The van der Waals surface area contributed by atoms with Gasteiger partial charge in [-0.05, 0) is 61.5 Å². The first-order valence-corrected chi connectivity index (χ1v) is 11.4. The monoisotopic (exact) mass is 479 g/mol. The number of aromatic hydroxyl groups is 2. The third kappa shape index (κ3) is 5.41. The lowest BCUT2D eigenvalue weighted by Gasteiger charge is -2.19. The zero-order chi connectivity index (χ0) is 24.9. The molecule has 9 nitrogen and oxygen atoms in total. The summed E-state index contributed by atoms with van der Waals surface area (Å²) in [6, 6.07) is 11.5. The van der Waals surface area contributed by atoms with Crippen LogP contribution in [0.15, 0.2) is 53.1 Å². The van der Waals surface area contributed by atoms with Crippen LogP contribution in [0.3, 0.4) is 0 Å². The van der Waals surface area contributed by atoms with Gasteiger partial charge in [-0.25, -0.2) is 0 Å². The molecule has 1 aliphatic heterocycles. The number of carbonyl (C=O) groups excluding carboxylic acids is 2. The number of fused-ring (bicyclic) bond motifs is 1. The molecule has 3 aromatic rings. The summed E-state index contributed by atoms with van der Waals surface area (Å²) in [4.78, 5) is 29.2. The van der Waals surface area contributed by atoms with Crippen molar-refractivity contribution < 1.29 is 29.0 Å². The Morgan fingerprint density at radius 3 is 2.60 bits per heavy atom. The smallest absolute Gasteiger partial charge is 0.258 e. The Kier molecular flexibility index (Phi) is 7.26. The van der Waals surface area contributed by atoms with Gasteiger partial charge in [0.05, 0.1) is 30.5 Å². The van der Waals surface area contributed by atoms with Crippen LogP contribution in [0.2, 0.25) is 0 Å². The molecule has 0 unspecified atom stereocenters. The molecule has 35 heavy (non-hydrogen) atoms. The van der Waals surface area contributed by atoms with Crippen LogP contribution >= 0.6 is 0 Å². The van der Waals surface area contributed by atoms with Gasteiger partial charge in [-0.2, -0.15) is 0 Å². The zero-order valence-corrected chi connectivity index (χ0v) is 19.8. The average Bonchev–Trinajstić information content (AvgIpc) is 3.50. The van der Waals surface area contributed by atoms with Gasteiger partial charge < -0.3 is 34.5 Å². The Bertz CT molecular complexity index is 1210. The molecule has 0 saturated carbocycles. The molecule has 0 saturated heterocycles. The van der Waals surface area contributed by atoms with Gasteiger partial charge in [0.2, 0.25) is 0 Å². The summed E-state index contributed by atoms with van der Waals surface area (Å²) in [5.41, 5.74) is 1.84. The van der Waals surface area contributed by atoms with Gasteiger partial charge in [0.15, 0.2) is 0 Å². The van der Waals surface area contributed by atoms with E-state index in [9.17, 15) is 19.8 Å². The predicted molar refractivity (Wildman–Crippen MR) is 128 cm³/mol. The Morgan fingerprint density at radius 1 is 1.09 bits per heavy atom. The molecule has 0 radical (unpaired) electrons. The summed E-state index contributed by atoms with van der Waals surface area (Å²) in [6.07, 6.45) is 2.39. The fourth-order valence-corrected chi connectivity index (χ4v) is 4.05. The van der Waals surface area contributed by atoms with Gasteiger partial charge in [-0.15, -0.1) is 0 Å². The van der Waals surface area contributed by atoms with Crippen molar-refractivity contribution in [1.29, 1.82) is 0 Å². The fourth-order valence-electron chi connectivity index (χ4n) is 4.05. The first-order valence-electron chi connectivity index (χ1n) is 11.4. The van der Waals surface area contributed by atoms with Crippen molar-refractivity contribution in [1.82, 2.24) is 15.1 Å². The van der Waals surface area contributed by atoms with E-state index in [2.05, 4.69) is 5.32 Å². The molecule has 1 aliphatic rings. The van der Waals surface area contributed by atoms with Gasteiger partial charge in [0, 0.05) is 26.2 Å². The maximum absolute atomic E-state index is 13.3. The molecular weight excluding hydrogens is 450 g/mol. The SMILES string of the molecule is CNCCCOc1ccc2c(c1)CN(C(=O)c1cc(C(=O)N(C)Cc3ccco3)c(O)cc1O)C2. The van der Waals surface area contributed by atoms with Crippen LogP contribution in [0.5, 0.6) is 17.2 Å². The van der Waals surface area contributed by atoms with Crippen molar-refractivity contribution in [2.75, 3.05) is 27.2 Å². The first kappa shape index (κ1) is 24.2. The molecule has 1 aromatic heterocycles. The van der Waals surface area contributed by atoms with Crippen LogP contribution in [0.1, 0.15) is 44.0 Å². The van der Waals surface area contributed by atoms with Gasteiger partial charge in [0.25, 0.3) is 11.8 Å². The Balaban J connectivity index is 1.48. The number of benzene rings is 2. The number of phenols is 2. The molecule has 0 bridgehead atoms. The molecule has 0 spiro atoms. The zero-order valence-electron chi connectivity index (χ0n) is 19.8. The highest BCUT2D eigenvalue weighted by atomic mass is 16.5. The minimum atomic E-state index is -0.502. The Hall–Kier alpha value is -3.98. The van der Waals surface area contributed by atoms with Crippen molar-refractivity contribution in [2.24, 2.45) is 0 Å². The molecule has 3 N–H and O–H groups in total. The van der Waals surface area contributed by atoms with Crippen molar-refractivity contribution in [3.63, 3.8) is 0 Å². The molecule has 0 fully saturated rings. The van der Waals surface area contributed by atoms with E-state index < -0.39 is 17.6 Å². The lowest BCUT2D eigenvalue weighted by Crippen LogP contribution is -2.28. The van der Waals surface area contributed by atoms with Crippen LogP contribution < -0.4 is 10.1 Å². The van der Waals surface area contributed by atoms with E-state index in [1.165, 1.54) is 17.2 Å². The maximum Gasteiger partial charge on any atom is 0.258 e. The minimum Gasteiger partial charge on any atom is -0.507 e. The number of amides is 2. The highest BCUT2D eigenvalue weighted by molar-refractivity contribution is 6.03. The van der Waals surface area contributed by atoms with Crippen LogP contribution in [-0.2, 0) is 19.6 Å². The molecule has 4 rings (SSSR count). The van der Waals surface area contributed by atoms with E-state index in [0.29, 0.717) is 25.5 Å². The van der Waals surface area contributed by atoms with Crippen LogP contribution in [0, 0.1) is 0 Å². The molecule has 2 amide bonds. The quantitative estimate of drug-likeness (QED) is 0.404. The summed E-state index contributed by atoms with van der Waals surface area (Å²) in [5.74, 6) is -0.400. The number of hydrogen-bond acceptors (Lipinski definition) is 7. The highest BCUT2D eigenvalue weighted by Crippen LogP contribution is 2.33. The number of ether oxygens (including phenoxy) is 1. The number of furan rings is 1. The largest absolute Gasteiger partial charge is 0.507 e. The van der Waals surface area contributed by atoms with Crippen molar-refractivity contribution >= 4 is 11.8 Å². The topological polar surface area (TPSA) is 115 Å². The predicted octanol–water partition coefficient (Wildman–Crippen LogP) is 3.11. The number of carbonyl (C=O) groups is 2. The number of nitrogens with zero attached hydrogens (tertiary/aromatic N) is 2. The summed E-state index contributed by atoms with van der Waals surface area (Å²) in [6.45, 7) is 2.37. The number of phenolic OH excluding ortho intramolecular Hbond substituents is 2. The number of rotatable bonds is 9. The average molecular weight is 480 g/mol. The molecule has 2 heterocycles. The van der Waals surface area contributed by atoms with Crippen LogP contribution in [0.25, 0.3) is 0 Å². The van der Waals surface area contributed by atoms with Gasteiger partial charge >= 0.3 is 0 Å². The maximum atomic E-state index is 13.3. The normalized spacial score (nSPS) is 12.5. The third-order valence-electron chi connectivity index (χ3n) is 5.92. The van der Waals surface area contributed by atoms with Gasteiger partial charge in [0.1, 0.15) is 23.0 Å². The van der Waals surface area contributed by atoms with Gasteiger partial charge in [-0.1, -0.05) is 6.07 Å². The molecule has 0 atom stereocenters. The second-order valence-corrected chi connectivity index (χ2v) is 8.52. The van der Waals surface area contributed by atoms with E-state index in [1.807, 2.05) is 25.2 Å². The van der Waals surface area contributed by atoms with E-state index >= 15 is 0 Å². The summed E-state index contributed by atoms with van der Waals surface area (Å²) in [7, 11) is 3.46. The van der Waals surface area contributed by atoms with E-state index in [1.54, 1.807) is 24.1 Å². The summed E-state index contributed by atoms with van der Waals surface area (Å²) in [5, 5.41) is 23.8. The van der Waals surface area contributed by atoms with E-state index in [0.717, 1.165) is 35.9 Å². The van der Waals surface area contributed by atoms with Crippen LogP contribution in [0.4, 0.5) is 0 Å². The van der Waals surface area contributed by atoms with Gasteiger partial charge in [-0.3, -0.25) is 9.59 Å². The van der Waals surface area contributed by atoms with E-state index in [4.69, 9.17) is 9.15 Å². The molecule has 184 valence electrons. The highest BCUT2D eigenvalue weighted by Gasteiger charge is 2.29. The number of nitrogens with one attached hydrogen (secondary N) is 1. The lowest BCUT2D eigenvalue weighted by atomic mass is 10.1. The molecular formula is C26H29N3O6. The van der Waals surface area contributed by atoms with Crippen LogP contribution in [-0.4, -0.2) is 59.1 Å². The molecule has 9 heteroatoms. The van der Waals surface area contributed by atoms with Crippen molar-refractivity contribution in [3.05, 3.63) is 76.7 Å². The summed E-state index contributed by atoms with van der Waals surface area (Å²) < 4.78 is 11.1. The van der Waals surface area contributed by atoms with Crippen molar-refractivity contribution in [2.45, 2.75) is 26.1 Å². The second-order valence-electron chi connectivity index (χ2n) is 8.52. The molecule has 2 aromatic carbocycles. The first-order chi connectivity index (χ1) is 16.9. The molecule has 0 aliphatic carbocycles. The Morgan fingerprint density at radius 2 is 1.86 bits per heavy atom.